The molecule has 3 heteroatoms. The number of pyridine rings is 1. The predicted octanol–water partition coefficient (Wildman–Crippen LogP) is 3.26. The van der Waals surface area contributed by atoms with Crippen molar-refractivity contribution >= 4 is 5.82 Å². The van der Waals surface area contributed by atoms with Gasteiger partial charge in [-0.3, -0.25) is 0 Å². The van der Waals surface area contributed by atoms with Gasteiger partial charge in [-0.05, 0) is 50.2 Å². The number of piperidine rings is 1. The zero-order chi connectivity index (χ0) is 13.2. The van der Waals surface area contributed by atoms with E-state index in [0.29, 0.717) is 0 Å². The minimum absolute atomic E-state index is 0.0744. The largest absolute Gasteiger partial charge is 0.353 e. The third kappa shape index (κ3) is 2.62. The van der Waals surface area contributed by atoms with E-state index in [4.69, 9.17) is 5.73 Å². The van der Waals surface area contributed by atoms with Crippen molar-refractivity contribution in [3.63, 3.8) is 0 Å². The molecule has 3 rings (SSSR count). The predicted molar refractivity (Wildman–Crippen MR) is 79.2 cm³/mol. The van der Waals surface area contributed by atoms with E-state index >= 15 is 0 Å². The second-order valence-electron chi connectivity index (χ2n) is 6.19. The van der Waals surface area contributed by atoms with Crippen LogP contribution in [0, 0.1) is 5.92 Å². The van der Waals surface area contributed by atoms with E-state index in [2.05, 4.69) is 22.0 Å². The minimum atomic E-state index is 0.0744. The van der Waals surface area contributed by atoms with Crippen LogP contribution in [-0.4, -0.2) is 17.6 Å². The Hall–Kier alpha value is -1.09. The lowest BCUT2D eigenvalue weighted by atomic mass is 9.78. The van der Waals surface area contributed by atoms with E-state index < -0.39 is 0 Å². The molecule has 0 radical (unpaired) electrons. The normalized spacial score (nSPS) is 28.8. The molecule has 2 fully saturated rings. The number of hydrogen-bond acceptors (Lipinski definition) is 3. The van der Waals surface area contributed by atoms with E-state index in [1.54, 1.807) is 0 Å². The molecule has 104 valence electrons. The summed E-state index contributed by atoms with van der Waals surface area (Å²) in [5.74, 6) is 2.05. The van der Waals surface area contributed by atoms with Crippen molar-refractivity contribution < 1.29 is 0 Å². The molecule has 0 spiro atoms. The van der Waals surface area contributed by atoms with Crippen LogP contribution in [0.4, 0.5) is 5.82 Å². The first kappa shape index (κ1) is 12.9. The molecule has 3 nitrogen and oxygen atoms in total. The Bertz CT molecular complexity index is 411. The molecule has 1 saturated heterocycles. The SMILES string of the molecule is C[C@@H](N)c1ccc(N2CCCC3CCCCC32)nc1. The number of fused-ring (bicyclic) bond motifs is 1. The minimum Gasteiger partial charge on any atom is -0.353 e. The second kappa shape index (κ2) is 5.49. The quantitative estimate of drug-likeness (QED) is 0.886. The zero-order valence-corrected chi connectivity index (χ0v) is 11.9. The Labute approximate surface area is 116 Å². The van der Waals surface area contributed by atoms with E-state index in [1.807, 2.05) is 13.1 Å². The number of rotatable bonds is 2. The summed E-state index contributed by atoms with van der Waals surface area (Å²) in [5, 5.41) is 0. The summed E-state index contributed by atoms with van der Waals surface area (Å²) < 4.78 is 0. The van der Waals surface area contributed by atoms with Crippen molar-refractivity contribution in [1.29, 1.82) is 0 Å². The first-order valence-corrected chi connectivity index (χ1v) is 7.74. The van der Waals surface area contributed by atoms with Gasteiger partial charge < -0.3 is 10.6 Å². The highest BCUT2D eigenvalue weighted by molar-refractivity contribution is 5.42. The van der Waals surface area contributed by atoms with Gasteiger partial charge in [0, 0.05) is 24.8 Å². The van der Waals surface area contributed by atoms with E-state index in [0.717, 1.165) is 23.3 Å². The third-order valence-electron chi connectivity index (χ3n) is 4.83. The molecular weight excluding hydrogens is 234 g/mol. The van der Waals surface area contributed by atoms with Gasteiger partial charge in [-0.1, -0.05) is 18.9 Å². The highest BCUT2D eigenvalue weighted by atomic mass is 15.2. The van der Waals surface area contributed by atoms with Gasteiger partial charge in [-0.15, -0.1) is 0 Å². The number of anilines is 1. The molecule has 19 heavy (non-hydrogen) atoms. The van der Waals surface area contributed by atoms with Gasteiger partial charge in [0.1, 0.15) is 5.82 Å². The van der Waals surface area contributed by atoms with Crippen molar-refractivity contribution in [2.75, 3.05) is 11.4 Å². The van der Waals surface area contributed by atoms with Gasteiger partial charge in [0.15, 0.2) is 0 Å². The Kier molecular flexibility index (Phi) is 3.74. The number of nitrogens with two attached hydrogens (primary N) is 1. The molecule has 2 heterocycles. The molecule has 2 aliphatic rings. The summed E-state index contributed by atoms with van der Waals surface area (Å²) in [6, 6.07) is 5.11. The Balaban J connectivity index is 1.79. The second-order valence-corrected chi connectivity index (χ2v) is 6.19. The van der Waals surface area contributed by atoms with Crippen molar-refractivity contribution in [3.8, 4) is 0 Å². The lowest BCUT2D eigenvalue weighted by Crippen LogP contribution is -2.47. The van der Waals surface area contributed by atoms with Crippen LogP contribution in [0.2, 0.25) is 0 Å². The van der Waals surface area contributed by atoms with Crippen molar-refractivity contribution in [3.05, 3.63) is 23.9 Å². The zero-order valence-electron chi connectivity index (χ0n) is 11.9. The van der Waals surface area contributed by atoms with E-state index in [1.165, 1.54) is 45.1 Å². The monoisotopic (exact) mass is 259 g/mol. The van der Waals surface area contributed by atoms with Crippen LogP contribution in [0.15, 0.2) is 18.3 Å². The van der Waals surface area contributed by atoms with Crippen LogP contribution in [0.25, 0.3) is 0 Å². The lowest BCUT2D eigenvalue weighted by molar-refractivity contribution is 0.242. The third-order valence-corrected chi connectivity index (χ3v) is 4.83. The average molecular weight is 259 g/mol. The topological polar surface area (TPSA) is 42.1 Å². The van der Waals surface area contributed by atoms with Crippen molar-refractivity contribution in [2.24, 2.45) is 11.7 Å². The maximum atomic E-state index is 5.89. The van der Waals surface area contributed by atoms with E-state index in [9.17, 15) is 0 Å². The summed E-state index contributed by atoms with van der Waals surface area (Å²) >= 11 is 0. The van der Waals surface area contributed by atoms with Crippen LogP contribution in [0.5, 0.6) is 0 Å². The fourth-order valence-electron chi connectivity index (χ4n) is 3.75. The highest BCUT2D eigenvalue weighted by Crippen LogP contribution is 2.37. The summed E-state index contributed by atoms with van der Waals surface area (Å²) in [5.41, 5.74) is 7.02. The molecule has 1 aliphatic heterocycles. The van der Waals surface area contributed by atoms with Crippen LogP contribution < -0.4 is 10.6 Å². The smallest absolute Gasteiger partial charge is 0.128 e. The molecule has 0 amide bonds. The van der Waals surface area contributed by atoms with Crippen LogP contribution in [0.3, 0.4) is 0 Å². The van der Waals surface area contributed by atoms with Gasteiger partial charge >= 0.3 is 0 Å². The van der Waals surface area contributed by atoms with Crippen LogP contribution in [-0.2, 0) is 0 Å². The molecule has 1 aromatic rings. The molecule has 3 atom stereocenters. The lowest BCUT2D eigenvalue weighted by Gasteiger charge is -2.44. The standard InChI is InChI=1S/C16H25N3/c1-12(17)14-8-9-16(18-11-14)19-10-4-6-13-5-2-3-7-15(13)19/h8-9,11-13,15H,2-7,10,17H2,1H3/t12-,13?,15?/m1/s1. The Morgan fingerprint density at radius 3 is 2.74 bits per heavy atom. The molecule has 1 aliphatic carbocycles. The summed E-state index contributed by atoms with van der Waals surface area (Å²) in [4.78, 5) is 7.21. The van der Waals surface area contributed by atoms with Gasteiger partial charge in [0.05, 0.1) is 0 Å². The first-order chi connectivity index (χ1) is 9.25. The highest BCUT2D eigenvalue weighted by Gasteiger charge is 2.33. The fourth-order valence-corrected chi connectivity index (χ4v) is 3.75. The van der Waals surface area contributed by atoms with Crippen LogP contribution >= 0.6 is 0 Å². The van der Waals surface area contributed by atoms with Gasteiger partial charge in [-0.25, -0.2) is 4.98 Å². The fraction of sp³-hybridized carbons (Fsp3) is 0.688. The Morgan fingerprint density at radius 1 is 1.21 bits per heavy atom. The molecule has 0 bridgehead atoms. The summed E-state index contributed by atoms with van der Waals surface area (Å²) in [7, 11) is 0. The van der Waals surface area contributed by atoms with E-state index in [-0.39, 0.29) is 6.04 Å². The maximum absolute atomic E-state index is 5.89. The molecule has 1 saturated carbocycles. The van der Waals surface area contributed by atoms with Gasteiger partial charge in [0.25, 0.3) is 0 Å². The molecular formula is C16H25N3. The van der Waals surface area contributed by atoms with Crippen molar-refractivity contribution in [2.45, 2.75) is 57.5 Å². The molecule has 2 unspecified atom stereocenters. The number of nitrogens with zero attached hydrogens (tertiary/aromatic N) is 2. The van der Waals surface area contributed by atoms with Gasteiger partial charge in [0.2, 0.25) is 0 Å². The number of hydrogen-bond donors (Lipinski definition) is 1. The van der Waals surface area contributed by atoms with Gasteiger partial charge in [-0.2, -0.15) is 0 Å². The maximum Gasteiger partial charge on any atom is 0.128 e. The van der Waals surface area contributed by atoms with Crippen molar-refractivity contribution in [1.82, 2.24) is 4.98 Å². The number of aromatic nitrogens is 1. The Morgan fingerprint density at radius 2 is 2.00 bits per heavy atom. The molecule has 1 aromatic heterocycles. The first-order valence-electron chi connectivity index (χ1n) is 7.74. The summed E-state index contributed by atoms with van der Waals surface area (Å²) in [6.45, 7) is 3.18. The average Bonchev–Trinajstić information content (AvgIpc) is 2.47. The molecule has 2 N–H and O–H groups in total. The van der Waals surface area contributed by atoms with Crippen LogP contribution in [0.1, 0.15) is 57.1 Å². The summed E-state index contributed by atoms with van der Waals surface area (Å²) in [6.07, 6.45) is 10.3. The molecule has 0 aromatic carbocycles.